The Morgan fingerprint density at radius 2 is 1.76 bits per heavy atom. The molecular formula is C16H12N4O. The predicted octanol–water partition coefficient (Wildman–Crippen LogP) is 2.79. The van der Waals surface area contributed by atoms with E-state index < -0.39 is 0 Å². The summed E-state index contributed by atoms with van der Waals surface area (Å²) < 4.78 is 0. The summed E-state index contributed by atoms with van der Waals surface area (Å²) in [6, 6.07) is 12.8. The van der Waals surface area contributed by atoms with Crippen LogP contribution < -0.4 is 5.32 Å². The van der Waals surface area contributed by atoms with E-state index in [0.29, 0.717) is 11.4 Å². The summed E-state index contributed by atoms with van der Waals surface area (Å²) in [5, 5.41) is 2.72. The number of hydrogen-bond donors (Lipinski definition) is 1. The highest BCUT2D eigenvalue weighted by molar-refractivity contribution is 6.03. The minimum atomic E-state index is -0.202. The number of pyridine rings is 1. The first-order valence-corrected chi connectivity index (χ1v) is 6.41. The van der Waals surface area contributed by atoms with E-state index in [1.807, 2.05) is 24.3 Å². The van der Waals surface area contributed by atoms with Crippen LogP contribution in [-0.2, 0) is 0 Å². The summed E-state index contributed by atoms with van der Waals surface area (Å²) in [4.78, 5) is 23.9. The van der Waals surface area contributed by atoms with Gasteiger partial charge in [-0.25, -0.2) is 9.97 Å². The zero-order valence-corrected chi connectivity index (χ0v) is 11.1. The minimum Gasteiger partial charge on any atom is -0.306 e. The third-order valence-corrected chi connectivity index (χ3v) is 2.97. The average Bonchev–Trinajstić information content (AvgIpc) is 2.57. The molecule has 0 fully saturated rings. The first-order chi connectivity index (χ1) is 10.3. The molecule has 0 atom stereocenters. The maximum Gasteiger partial charge on any atom is 0.256 e. The number of nitrogens with zero attached hydrogens (tertiary/aromatic N) is 3. The highest BCUT2D eigenvalue weighted by atomic mass is 16.1. The maximum absolute atomic E-state index is 12.1. The van der Waals surface area contributed by atoms with Crippen molar-refractivity contribution >= 4 is 11.7 Å². The largest absolute Gasteiger partial charge is 0.306 e. The van der Waals surface area contributed by atoms with Gasteiger partial charge in [-0.2, -0.15) is 0 Å². The Morgan fingerprint density at radius 3 is 2.43 bits per heavy atom. The molecule has 2 heterocycles. The fourth-order valence-electron chi connectivity index (χ4n) is 1.90. The van der Waals surface area contributed by atoms with Crippen LogP contribution in [0.2, 0.25) is 0 Å². The fraction of sp³-hybridized carbons (Fsp3) is 0. The molecule has 1 N–H and O–H groups in total. The Kier molecular flexibility index (Phi) is 3.64. The average molecular weight is 276 g/mol. The summed E-state index contributed by atoms with van der Waals surface area (Å²) in [7, 11) is 0. The molecule has 0 radical (unpaired) electrons. The lowest BCUT2D eigenvalue weighted by atomic mass is 10.1. The van der Waals surface area contributed by atoms with Gasteiger partial charge in [0, 0.05) is 24.2 Å². The van der Waals surface area contributed by atoms with Crippen LogP contribution in [0.15, 0.2) is 67.4 Å². The molecule has 0 saturated heterocycles. The van der Waals surface area contributed by atoms with Crippen LogP contribution in [0.1, 0.15) is 10.4 Å². The van der Waals surface area contributed by atoms with E-state index in [1.165, 1.54) is 6.33 Å². The molecule has 0 aliphatic rings. The Bertz CT molecular complexity index is 727. The molecule has 0 saturated carbocycles. The number of rotatable bonds is 3. The van der Waals surface area contributed by atoms with Crippen molar-refractivity contribution in [3.8, 4) is 11.1 Å². The molecule has 0 bridgehead atoms. The molecule has 102 valence electrons. The smallest absolute Gasteiger partial charge is 0.256 e. The van der Waals surface area contributed by atoms with Crippen molar-refractivity contribution in [2.24, 2.45) is 0 Å². The monoisotopic (exact) mass is 276 g/mol. The number of hydrogen-bond acceptors (Lipinski definition) is 4. The number of benzene rings is 1. The van der Waals surface area contributed by atoms with Crippen molar-refractivity contribution in [1.82, 2.24) is 15.0 Å². The van der Waals surface area contributed by atoms with E-state index in [0.717, 1.165) is 11.1 Å². The van der Waals surface area contributed by atoms with Gasteiger partial charge in [-0.05, 0) is 35.4 Å². The molecule has 3 rings (SSSR count). The van der Waals surface area contributed by atoms with Gasteiger partial charge in [-0.1, -0.05) is 18.2 Å². The number of aromatic nitrogens is 3. The van der Waals surface area contributed by atoms with Gasteiger partial charge < -0.3 is 5.32 Å². The Balaban J connectivity index is 1.77. The minimum absolute atomic E-state index is 0.202. The van der Waals surface area contributed by atoms with Crippen molar-refractivity contribution in [3.05, 3.63) is 72.9 Å². The topological polar surface area (TPSA) is 67.8 Å². The lowest BCUT2D eigenvalue weighted by Gasteiger charge is -2.05. The van der Waals surface area contributed by atoms with Crippen molar-refractivity contribution in [2.45, 2.75) is 0 Å². The summed E-state index contributed by atoms with van der Waals surface area (Å²) in [5.74, 6) is 0.276. The molecule has 21 heavy (non-hydrogen) atoms. The standard InChI is InChI=1S/C16H12N4O/c21-16(20-15-7-9-18-11-19-15)13-5-3-12(4-6-13)14-2-1-8-17-10-14/h1-11H,(H,18,19,20,21). The zero-order chi connectivity index (χ0) is 14.5. The first-order valence-electron chi connectivity index (χ1n) is 6.41. The third kappa shape index (κ3) is 3.09. The quantitative estimate of drug-likeness (QED) is 0.798. The normalized spacial score (nSPS) is 10.1. The van der Waals surface area contributed by atoms with Crippen LogP contribution in [0.5, 0.6) is 0 Å². The second-order valence-electron chi connectivity index (χ2n) is 4.37. The molecule has 0 aliphatic carbocycles. The van der Waals surface area contributed by atoms with Crippen molar-refractivity contribution in [3.63, 3.8) is 0 Å². The molecule has 0 aliphatic heterocycles. The Morgan fingerprint density at radius 1 is 0.905 bits per heavy atom. The van der Waals surface area contributed by atoms with E-state index >= 15 is 0 Å². The van der Waals surface area contributed by atoms with Gasteiger partial charge in [0.15, 0.2) is 0 Å². The molecule has 1 amide bonds. The van der Waals surface area contributed by atoms with Crippen LogP contribution in [0, 0.1) is 0 Å². The van der Waals surface area contributed by atoms with Gasteiger partial charge in [-0.3, -0.25) is 9.78 Å². The van der Waals surface area contributed by atoms with Crippen LogP contribution in [0.25, 0.3) is 11.1 Å². The van der Waals surface area contributed by atoms with Gasteiger partial charge in [0.05, 0.1) is 0 Å². The lowest BCUT2D eigenvalue weighted by Crippen LogP contribution is -2.12. The Hall–Kier alpha value is -3.08. The van der Waals surface area contributed by atoms with Crippen molar-refractivity contribution < 1.29 is 4.79 Å². The molecular weight excluding hydrogens is 264 g/mol. The van der Waals surface area contributed by atoms with Crippen molar-refractivity contribution in [1.29, 1.82) is 0 Å². The molecule has 1 aromatic carbocycles. The third-order valence-electron chi connectivity index (χ3n) is 2.97. The molecule has 0 unspecified atom stereocenters. The van der Waals surface area contributed by atoms with Gasteiger partial charge in [0.2, 0.25) is 0 Å². The number of anilines is 1. The van der Waals surface area contributed by atoms with E-state index in [4.69, 9.17) is 0 Å². The molecule has 0 spiro atoms. The summed E-state index contributed by atoms with van der Waals surface area (Å²) in [5.41, 5.74) is 2.60. The Labute approximate surface area is 121 Å². The summed E-state index contributed by atoms with van der Waals surface area (Å²) in [6.45, 7) is 0. The molecule has 5 heteroatoms. The van der Waals surface area contributed by atoms with Gasteiger partial charge in [0.25, 0.3) is 5.91 Å². The van der Waals surface area contributed by atoms with Crippen LogP contribution in [0.4, 0.5) is 5.82 Å². The van der Waals surface area contributed by atoms with Gasteiger partial charge >= 0.3 is 0 Å². The molecule has 3 aromatic rings. The van der Waals surface area contributed by atoms with Gasteiger partial charge in [0.1, 0.15) is 12.1 Å². The SMILES string of the molecule is O=C(Nc1ccncn1)c1ccc(-c2cccnc2)cc1. The van der Waals surface area contributed by atoms with Crippen LogP contribution in [-0.4, -0.2) is 20.9 Å². The number of carbonyl (C=O) groups is 1. The summed E-state index contributed by atoms with van der Waals surface area (Å²) >= 11 is 0. The number of nitrogens with one attached hydrogen (secondary N) is 1. The van der Waals surface area contributed by atoms with E-state index in [2.05, 4.69) is 20.3 Å². The second-order valence-corrected chi connectivity index (χ2v) is 4.37. The maximum atomic E-state index is 12.1. The molecule has 5 nitrogen and oxygen atoms in total. The first kappa shape index (κ1) is 12.9. The highest BCUT2D eigenvalue weighted by Crippen LogP contribution is 2.18. The lowest BCUT2D eigenvalue weighted by molar-refractivity contribution is 0.102. The predicted molar refractivity (Wildman–Crippen MR) is 79.7 cm³/mol. The summed E-state index contributed by atoms with van der Waals surface area (Å²) in [6.07, 6.45) is 6.48. The van der Waals surface area contributed by atoms with Gasteiger partial charge in [-0.15, -0.1) is 0 Å². The van der Waals surface area contributed by atoms with E-state index in [1.54, 1.807) is 36.8 Å². The van der Waals surface area contributed by atoms with Crippen molar-refractivity contribution in [2.75, 3.05) is 5.32 Å². The number of amides is 1. The van der Waals surface area contributed by atoms with Crippen LogP contribution >= 0.6 is 0 Å². The van der Waals surface area contributed by atoms with E-state index in [9.17, 15) is 4.79 Å². The van der Waals surface area contributed by atoms with E-state index in [-0.39, 0.29) is 5.91 Å². The number of carbonyl (C=O) groups excluding carboxylic acids is 1. The highest BCUT2D eigenvalue weighted by Gasteiger charge is 2.07. The van der Waals surface area contributed by atoms with Crippen LogP contribution in [0.3, 0.4) is 0 Å². The fourth-order valence-corrected chi connectivity index (χ4v) is 1.90. The zero-order valence-electron chi connectivity index (χ0n) is 11.1. The second kappa shape index (κ2) is 5.92. The molecule has 2 aromatic heterocycles.